The molecular formula is C16H22ClN3O2. The second-order valence-corrected chi connectivity index (χ2v) is 6.56. The Bertz CT molecular complexity index is 566. The molecule has 0 atom stereocenters. The fourth-order valence-electron chi connectivity index (χ4n) is 2.34. The van der Waals surface area contributed by atoms with E-state index < -0.39 is 5.41 Å². The van der Waals surface area contributed by atoms with Gasteiger partial charge in [0.1, 0.15) is 5.41 Å². The third-order valence-corrected chi connectivity index (χ3v) is 4.34. The van der Waals surface area contributed by atoms with Crippen molar-refractivity contribution in [3.63, 3.8) is 0 Å². The van der Waals surface area contributed by atoms with Gasteiger partial charge in [0.05, 0.1) is 10.7 Å². The Hall–Kier alpha value is -1.59. The molecule has 1 saturated heterocycles. The van der Waals surface area contributed by atoms with Crippen molar-refractivity contribution in [3.8, 4) is 0 Å². The molecule has 1 N–H and O–H groups in total. The summed E-state index contributed by atoms with van der Waals surface area (Å²) >= 11 is 6.05. The van der Waals surface area contributed by atoms with E-state index in [9.17, 15) is 9.59 Å². The topological polar surface area (TPSA) is 52.7 Å². The molecule has 1 aliphatic heterocycles. The SMILES string of the molecule is CN1CCN(C(=O)C(C)(C)C(=O)Nc2ccccc2Cl)CC1. The first-order chi connectivity index (χ1) is 10.3. The molecule has 1 aromatic carbocycles. The number of anilines is 1. The number of rotatable bonds is 3. The van der Waals surface area contributed by atoms with Crippen LogP contribution in [0.15, 0.2) is 24.3 Å². The van der Waals surface area contributed by atoms with Crippen LogP contribution in [0, 0.1) is 5.41 Å². The average Bonchev–Trinajstić information content (AvgIpc) is 2.49. The predicted octanol–water partition coefficient (Wildman–Crippen LogP) is 2.08. The lowest BCUT2D eigenvalue weighted by Crippen LogP contribution is -2.53. The molecule has 0 spiro atoms. The van der Waals surface area contributed by atoms with Crippen LogP contribution in [0.5, 0.6) is 0 Å². The van der Waals surface area contributed by atoms with Gasteiger partial charge in [0.2, 0.25) is 11.8 Å². The molecule has 5 nitrogen and oxygen atoms in total. The summed E-state index contributed by atoms with van der Waals surface area (Å²) in [6, 6.07) is 7.00. The summed E-state index contributed by atoms with van der Waals surface area (Å²) in [7, 11) is 2.02. The zero-order valence-electron chi connectivity index (χ0n) is 13.2. The summed E-state index contributed by atoms with van der Waals surface area (Å²) in [5.41, 5.74) is -0.608. The molecule has 1 aromatic rings. The molecule has 1 fully saturated rings. The maximum atomic E-state index is 12.7. The number of nitrogens with one attached hydrogen (secondary N) is 1. The van der Waals surface area contributed by atoms with Gasteiger partial charge < -0.3 is 15.1 Å². The Balaban J connectivity index is 2.07. The van der Waals surface area contributed by atoms with Crippen molar-refractivity contribution in [2.75, 3.05) is 38.5 Å². The van der Waals surface area contributed by atoms with Gasteiger partial charge in [0.15, 0.2) is 0 Å². The number of carbonyl (C=O) groups is 2. The second-order valence-electron chi connectivity index (χ2n) is 6.15. The Morgan fingerprint density at radius 3 is 2.32 bits per heavy atom. The Morgan fingerprint density at radius 1 is 1.14 bits per heavy atom. The van der Waals surface area contributed by atoms with Crippen LogP contribution in [0.25, 0.3) is 0 Å². The highest BCUT2D eigenvalue weighted by atomic mass is 35.5. The van der Waals surface area contributed by atoms with Gasteiger partial charge in [0.25, 0.3) is 0 Å². The van der Waals surface area contributed by atoms with E-state index in [1.165, 1.54) is 0 Å². The molecular weight excluding hydrogens is 302 g/mol. The predicted molar refractivity (Wildman–Crippen MR) is 87.9 cm³/mol. The van der Waals surface area contributed by atoms with Crippen LogP contribution in [0.3, 0.4) is 0 Å². The first-order valence-corrected chi connectivity index (χ1v) is 7.74. The van der Waals surface area contributed by atoms with Crippen molar-refractivity contribution in [1.29, 1.82) is 0 Å². The Kier molecular flexibility index (Phi) is 5.08. The minimum Gasteiger partial charge on any atom is -0.339 e. The number of nitrogens with zero attached hydrogens (tertiary/aromatic N) is 2. The van der Waals surface area contributed by atoms with Gasteiger partial charge in [-0.15, -0.1) is 0 Å². The monoisotopic (exact) mass is 323 g/mol. The molecule has 0 unspecified atom stereocenters. The van der Waals surface area contributed by atoms with E-state index in [1.54, 1.807) is 43.0 Å². The van der Waals surface area contributed by atoms with Gasteiger partial charge >= 0.3 is 0 Å². The number of amides is 2. The fourth-order valence-corrected chi connectivity index (χ4v) is 2.53. The number of halogens is 1. The maximum absolute atomic E-state index is 12.7. The molecule has 2 amide bonds. The van der Waals surface area contributed by atoms with Gasteiger partial charge in [0, 0.05) is 26.2 Å². The summed E-state index contributed by atoms with van der Waals surface area (Å²) in [6.45, 7) is 6.26. The first-order valence-electron chi connectivity index (χ1n) is 7.36. The van der Waals surface area contributed by atoms with Crippen molar-refractivity contribution < 1.29 is 9.59 Å². The van der Waals surface area contributed by atoms with Gasteiger partial charge in [-0.2, -0.15) is 0 Å². The summed E-state index contributed by atoms with van der Waals surface area (Å²) in [6.07, 6.45) is 0. The van der Waals surface area contributed by atoms with Gasteiger partial charge in [-0.1, -0.05) is 23.7 Å². The molecule has 1 aliphatic rings. The molecule has 2 rings (SSSR count). The molecule has 22 heavy (non-hydrogen) atoms. The second kappa shape index (κ2) is 6.67. The Morgan fingerprint density at radius 2 is 1.73 bits per heavy atom. The number of carbonyl (C=O) groups excluding carboxylic acids is 2. The Labute approximate surface area is 136 Å². The van der Waals surface area contributed by atoms with Crippen LogP contribution in [-0.2, 0) is 9.59 Å². The molecule has 0 radical (unpaired) electrons. The number of benzene rings is 1. The van der Waals surface area contributed by atoms with E-state index >= 15 is 0 Å². The molecule has 1 heterocycles. The van der Waals surface area contributed by atoms with E-state index in [4.69, 9.17) is 11.6 Å². The summed E-state index contributed by atoms with van der Waals surface area (Å²) in [5.74, 6) is -0.491. The van der Waals surface area contributed by atoms with Crippen molar-refractivity contribution in [2.24, 2.45) is 5.41 Å². The van der Waals surface area contributed by atoms with E-state index in [0.717, 1.165) is 13.1 Å². The third-order valence-electron chi connectivity index (χ3n) is 4.01. The first kappa shape index (κ1) is 16.8. The molecule has 0 bridgehead atoms. The lowest BCUT2D eigenvalue weighted by molar-refractivity contribution is -0.147. The zero-order valence-corrected chi connectivity index (χ0v) is 14.0. The van der Waals surface area contributed by atoms with Crippen LogP contribution in [0.2, 0.25) is 5.02 Å². The molecule has 0 saturated carbocycles. The van der Waals surface area contributed by atoms with Gasteiger partial charge in [-0.3, -0.25) is 9.59 Å². The highest BCUT2D eigenvalue weighted by molar-refractivity contribution is 6.33. The number of para-hydroxylation sites is 1. The lowest BCUT2D eigenvalue weighted by atomic mass is 9.89. The van der Waals surface area contributed by atoms with Crippen LogP contribution < -0.4 is 5.32 Å². The van der Waals surface area contributed by atoms with Gasteiger partial charge in [-0.25, -0.2) is 0 Å². The van der Waals surface area contributed by atoms with Crippen LogP contribution in [-0.4, -0.2) is 54.8 Å². The molecule has 6 heteroatoms. The van der Waals surface area contributed by atoms with E-state index in [1.807, 2.05) is 7.05 Å². The van der Waals surface area contributed by atoms with Crippen molar-refractivity contribution in [2.45, 2.75) is 13.8 Å². The van der Waals surface area contributed by atoms with E-state index in [0.29, 0.717) is 23.8 Å². The zero-order chi connectivity index (χ0) is 16.3. The maximum Gasteiger partial charge on any atom is 0.239 e. The average molecular weight is 324 g/mol. The van der Waals surface area contributed by atoms with Crippen molar-refractivity contribution in [3.05, 3.63) is 29.3 Å². The summed E-state index contributed by atoms with van der Waals surface area (Å²) < 4.78 is 0. The largest absolute Gasteiger partial charge is 0.339 e. The summed E-state index contributed by atoms with van der Waals surface area (Å²) in [5, 5.41) is 3.21. The number of likely N-dealkylation sites (N-methyl/N-ethyl adjacent to an activating group) is 1. The van der Waals surface area contributed by atoms with Crippen molar-refractivity contribution >= 4 is 29.1 Å². The number of hydrogen-bond acceptors (Lipinski definition) is 3. The highest BCUT2D eigenvalue weighted by Crippen LogP contribution is 2.26. The lowest BCUT2D eigenvalue weighted by Gasteiger charge is -2.36. The van der Waals surface area contributed by atoms with Gasteiger partial charge in [-0.05, 0) is 33.0 Å². The third kappa shape index (κ3) is 3.59. The molecule has 0 aromatic heterocycles. The number of piperazine rings is 1. The quantitative estimate of drug-likeness (QED) is 0.867. The minimum absolute atomic E-state index is 0.148. The van der Waals surface area contributed by atoms with Crippen molar-refractivity contribution in [1.82, 2.24) is 9.80 Å². The van der Waals surface area contributed by atoms with Crippen LogP contribution in [0.4, 0.5) is 5.69 Å². The smallest absolute Gasteiger partial charge is 0.239 e. The number of hydrogen-bond donors (Lipinski definition) is 1. The van der Waals surface area contributed by atoms with Crippen LogP contribution in [0.1, 0.15) is 13.8 Å². The fraction of sp³-hybridized carbons (Fsp3) is 0.500. The highest BCUT2D eigenvalue weighted by Gasteiger charge is 2.40. The summed E-state index contributed by atoms with van der Waals surface area (Å²) in [4.78, 5) is 29.1. The normalized spacial score (nSPS) is 16.5. The standard InChI is InChI=1S/C16H22ClN3O2/c1-16(2,15(22)20-10-8-19(3)9-11-20)14(21)18-13-7-5-4-6-12(13)17/h4-7H,8-11H2,1-3H3,(H,18,21). The molecule has 120 valence electrons. The van der Waals surface area contributed by atoms with E-state index in [2.05, 4.69) is 10.2 Å². The molecule has 0 aliphatic carbocycles. The van der Waals surface area contributed by atoms with E-state index in [-0.39, 0.29) is 11.8 Å². The van der Waals surface area contributed by atoms with Crippen LogP contribution >= 0.6 is 11.6 Å². The minimum atomic E-state index is -1.13.